The third-order valence-electron chi connectivity index (χ3n) is 4.22. The Balaban J connectivity index is 2.01. The smallest absolute Gasteiger partial charge is 0.275 e. The molecule has 3 rings (SSSR count). The van der Waals surface area contributed by atoms with Gasteiger partial charge in [-0.3, -0.25) is 9.89 Å². The SMILES string of the molecule is CC1CCCC(C)N1C(=O)c1n[nH]c2ccc(N)cc12. The normalized spacial score (nSPS) is 23.2. The number of hydrogen-bond donors (Lipinski definition) is 2. The van der Waals surface area contributed by atoms with Crippen LogP contribution in [0, 0.1) is 0 Å². The molecule has 20 heavy (non-hydrogen) atoms. The summed E-state index contributed by atoms with van der Waals surface area (Å²) in [6.07, 6.45) is 3.29. The van der Waals surface area contributed by atoms with E-state index >= 15 is 0 Å². The molecule has 0 spiro atoms. The molecule has 2 heterocycles. The molecule has 1 aromatic carbocycles. The van der Waals surface area contributed by atoms with Crippen molar-refractivity contribution in [2.45, 2.75) is 45.2 Å². The minimum absolute atomic E-state index is 0.00144. The highest BCUT2D eigenvalue weighted by molar-refractivity contribution is 6.05. The van der Waals surface area contributed by atoms with Crippen molar-refractivity contribution in [3.63, 3.8) is 0 Å². The monoisotopic (exact) mass is 272 g/mol. The summed E-state index contributed by atoms with van der Waals surface area (Å²) in [4.78, 5) is 14.8. The van der Waals surface area contributed by atoms with Crippen molar-refractivity contribution in [2.24, 2.45) is 0 Å². The average molecular weight is 272 g/mol. The number of H-pyrrole nitrogens is 1. The molecular formula is C15H20N4O. The number of anilines is 1. The Labute approximate surface area is 118 Å². The maximum atomic E-state index is 12.8. The minimum Gasteiger partial charge on any atom is -0.399 e. The van der Waals surface area contributed by atoms with E-state index < -0.39 is 0 Å². The second-order valence-electron chi connectivity index (χ2n) is 5.72. The number of amides is 1. The van der Waals surface area contributed by atoms with Gasteiger partial charge in [0.15, 0.2) is 5.69 Å². The minimum atomic E-state index is 0.00144. The largest absolute Gasteiger partial charge is 0.399 e. The maximum Gasteiger partial charge on any atom is 0.275 e. The number of benzene rings is 1. The fourth-order valence-electron chi connectivity index (χ4n) is 3.14. The molecule has 5 heteroatoms. The van der Waals surface area contributed by atoms with E-state index in [4.69, 9.17) is 5.73 Å². The van der Waals surface area contributed by atoms with Crippen LogP contribution < -0.4 is 5.73 Å². The maximum absolute atomic E-state index is 12.8. The number of fused-ring (bicyclic) bond motifs is 1. The molecule has 0 radical (unpaired) electrons. The summed E-state index contributed by atoms with van der Waals surface area (Å²) in [6.45, 7) is 4.22. The number of rotatable bonds is 1. The summed E-state index contributed by atoms with van der Waals surface area (Å²) in [6, 6.07) is 6.00. The van der Waals surface area contributed by atoms with Gasteiger partial charge in [0.25, 0.3) is 5.91 Å². The van der Waals surface area contributed by atoms with Crippen LogP contribution in [-0.2, 0) is 0 Å². The number of aromatic amines is 1. The Morgan fingerprint density at radius 1 is 1.35 bits per heavy atom. The summed E-state index contributed by atoms with van der Waals surface area (Å²) >= 11 is 0. The highest BCUT2D eigenvalue weighted by Crippen LogP contribution is 2.27. The molecule has 3 N–H and O–H groups in total. The van der Waals surface area contributed by atoms with Crippen LogP contribution in [0.5, 0.6) is 0 Å². The molecule has 5 nitrogen and oxygen atoms in total. The van der Waals surface area contributed by atoms with Gasteiger partial charge in [0.05, 0.1) is 5.52 Å². The number of piperidine rings is 1. The predicted octanol–water partition coefficient (Wildman–Crippen LogP) is 2.55. The molecular weight excluding hydrogens is 252 g/mol. The van der Waals surface area contributed by atoms with Gasteiger partial charge in [-0.15, -0.1) is 0 Å². The number of hydrogen-bond acceptors (Lipinski definition) is 3. The molecule has 106 valence electrons. The number of aromatic nitrogens is 2. The lowest BCUT2D eigenvalue weighted by molar-refractivity contribution is 0.0506. The van der Waals surface area contributed by atoms with Gasteiger partial charge < -0.3 is 10.6 Å². The molecule has 2 unspecified atom stereocenters. The number of nitrogens with one attached hydrogen (secondary N) is 1. The van der Waals surface area contributed by atoms with E-state index in [2.05, 4.69) is 24.0 Å². The van der Waals surface area contributed by atoms with Crippen molar-refractivity contribution in [3.05, 3.63) is 23.9 Å². The van der Waals surface area contributed by atoms with Crippen LogP contribution in [0.4, 0.5) is 5.69 Å². The number of nitrogens with two attached hydrogens (primary N) is 1. The highest BCUT2D eigenvalue weighted by atomic mass is 16.2. The fourth-order valence-corrected chi connectivity index (χ4v) is 3.14. The van der Waals surface area contributed by atoms with Gasteiger partial charge in [0, 0.05) is 23.2 Å². The molecule has 0 bridgehead atoms. The first-order valence-electron chi connectivity index (χ1n) is 7.14. The molecule has 0 aliphatic carbocycles. The molecule has 1 aliphatic rings. The lowest BCUT2D eigenvalue weighted by Gasteiger charge is -2.38. The van der Waals surface area contributed by atoms with Gasteiger partial charge in [-0.1, -0.05) is 0 Å². The molecule has 1 amide bonds. The predicted molar refractivity (Wildman–Crippen MR) is 79.5 cm³/mol. The molecule has 1 aromatic heterocycles. The Hall–Kier alpha value is -2.04. The molecule has 2 atom stereocenters. The summed E-state index contributed by atoms with van der Waals surface area (Å²) in [7, 11) is 0. The zero-order valence-electron chi connectivity index (χ0n) is 11.9. The lowest BCUT2D eigenvalue weighted by atomic mass is 9.97. The van der Waals surface area contributed by atoms with Gasteiger partial charge >= 0.3 is 0 Å². The Kier molecular flexibility index (Phi) is 3.12. The first kappa shape index (κ1) is 13.0. The van der Waals surface area contributed by atoms with Gasteiger partial charge in [-0.05, 0) is 51.3 Å². The quantitative estimate of drug-likeness (QED) is 0.783. The number of carbonyl (C=O) groups excluding carboxylic acids is 1. The Bertz CT molecular complexity index is 638. The number of nitrogen functional groups attached to an aromatic ring is 1. The molecule has 2 aromatic rings. The zero-order chi connectivity index (χ0) is 14.3. The van der Waals surface area contributed by atoms with Crippen LogP contribution in [0.2, 0.25) is 0 Å². The third-order valence-corrected chi connectivity index (χ3v) is 4.22. The second kappa shape index (κ2) is 4.81. The van der Waals surface area contributed by atoms with E-state index in [0.717, 1.165) is 23.7 Å². The van der Waals surface area contributed by atoms with Crippen LogP contribution in [0.1, 0.15) is 43.6 Å². The van der Waals surface area contributed by atoms with Gasteiger partial charge in [-0.2, -0.15) is 5.10 Å². The van der Waals surface area contributed by atoms with E-state index in [9.17, 15) is 4.79 Å². The van der Waals surface area contributed by atoms with Crippen molar-refractivity contribution >= 4 is 22.5 Å². The highest BCUT2D eigenvalue weighted by Gasteiger charge is 2.31. The van der Waals surface area contributed by atoms with Crippen molar-refractivity contribution in [1.29, 1.82) is 0 Å². The Morgan fingerprint density at radius 3 is 2.75 bits per heavy atom. The van der Waals surface area contributed by atoms with E-state index in [-0.39, 0.29) is 18.0 Å². The Morgan fingerprint density at radius 2 is 2.05 bits per heavy atom. The van der Waals surface area contributed by atoms with Crippen molar-refractivity contribution in [2.75, 3.05) is 5.73 Å². The second-order valence-corrected chi connectivity index (χ2v) is 5.72. The first-order valence-corrected chi connectivity index (χ1v) is 7.14. The van der Waals surface area contributed by atoms with E-state index in [0.29, 0.717) is 11.4 Å². The number of nitrogens with zero attached hydrogens (tertiary/aromatic N) is 2. The van der Waals surface area contributed by atoms with Gasteiger partial charge in [0.1, 0.15) is 0 Å². The average Bonchev–Trinajstić information content (AvgIpc) is 2.81. The number of likely N-dealkylation sites (tertiary alicyclic amines) is 1. The standard InChI is InChI=1S/C15H20N4O/c1-9-4-3-5-10(2)19(9)15(20)14-12-8-11(16)6-7-13(12)17-18-14/h6-10H,3-5,16H2,1-2H3,(H,17,18). The summed E-state index contributed by atoms with van der Waals surface area (Å²) in [5, 5.41) is 7.93. The van der Waals surface area contributed by atoms with Crippen molar-refractivity contribution in [3.8, 4) is 0 Å². The van der Waals surface area contributed by atoms with E-state index in [1.165, 1.54) is 6.42 Å². The van der Waals surface area contributed by atoms with E-state index in [1.54, 1.807) is 6.07 Å². The van der Waals surface area contributed by atoms with E-state index in [1.807, 2.05) is 17.0 Å². The summed E-state index contributed by atoms with van der Waals surface area (Å²) in [5.74, 6) is 0.00144. The van der Waals surface area contributed by atoms with Crippen LogP contribution in [0.25, 0.3) is 10.9 Å². The van der Waals surface area contributed by atoms with Crippen molar-refractivity contribution in [1.82, 2.24) is 15.1 Å². The van der Waals surface area contributed by atoms with Gasteiger partial charge in [-0.25, -0.2) is 0 Å². The topological polar surface area (TPSA) is 75.0 Å². The molecule has 1 fully saturated rings. The van der Waals surface area contributed by atoms with Crippen LogP contribution >= 0.6 is 0 Å². The van der Waals surface area contributed by atoms with Crippen LogP contribution in [0.15, 0.2) is 18.2 Å². The third kappa shape index (κ3) is 2.03. The summed E-state index contributed by atoms with van der Waals surface area (Å²) < 4.78 is 0. The van der Waals surface area contributed by atoms with Crippen LogP contribution in [-0.4, -0.2) is 33.1 Å². The molecule has 1 saturated heterocycles. The number of carbonyl (C=O) groups is 1. The first-order chi connectivity index (χ1) is 9.58. The zero-order valence-corrected chi connectivity index (χ0v) is 11.9. The summed E-state index contributed by atoms with van der Waals surface area (Å²) in [5.41, 5.74) is 7.79. The fraction of sp³-hybridized carbons (Fsp3) is 0.467. The lowest BCUT2D eigenvalue weighted by Crippen LogP contribution is -2.47. The van der Waals surface area contributed by atoms with Crippen LogP contribution in [0.3, 0.4) is 0 Å². The van der Waals surface area contributed by atoms with Gasteiger partial charge in [0.2, 0.25) is 0 Å². The molecule has 0 saturated carbocycles. The molecule has 1 aliphatic heterocycles. The van der Waals surface area contributed by atoms with Crippen molar-refractivity contribution < 1.29 is 4.79 Å².